The van der Waals surface area contributed by atoms with Gasteiger partial charge in [0.25, 0.3) is 0 Å². The second kappa shape index (κ2) is 6.75. The number of likely N-dealkylation sites (N-methyl/N-ethyl adjacent to an activating group) is 1. The Morgan fingerprint density at radius 3 is 2.19 bits per heavy atom. The Morgan fingerprint density at radius 2 is 1.48 bits per heavy atom. The maximum absolute atomic E-state index is 5.70. The smallest absolute Gasteiger partial charge is 0.231 e. The predicted octanol–water partition coefficient (Wildman–Crippen LogP) is 4.78. The van der Waals surface area contributed by atoms with Crippen LogP contribution >= 0.6 is 0 Å². The Balaban J connectivity index is 1.61. The summed E-state index contributed by atoms with van der Waals surface area (Å²) in [7, 11) is 2.23. The van der Waals surface area contributed by atoms with Crippen molar-refractivity contribution in [2.45, 2.75) is 18.4 Å². The van der Waals surface area contributed by atoms with Crippen molar-refractivity contribution in [3.8, 4) is 11.5 Å². The molecule has 0 saturated carbocycles. The Labute approximate surface area is 160 Å². The van der Waals surface area contributed by atoms with Gasteiger partial charge in [0.1, 0.15) is 0 Å². The lowest BCUT2D eigenvalue weighted by Crippen LogP contribution is -2.36. The van der Waals surface area contributed by atoms with Crippen LogP contribution in [-0.4, -0.2) is 25.3 Å². The summed E-state index contributed by atoms with van der Waals surface area (Å²) >= 11 is 0. The summed E-state index contributed by atoms with van der Waals surface area (Å²) in [4.78, 5) is 2.47. The maximum atomic E-state index is 5.70. The fraction of sp³-hybridized carbons (Fsp3) is 0.250. The lowest BCUT2D eigenvalue weighted by atomic mass is 9.80. The zero-order valence-corrected chi connectivity index (χ0v) is 15.5. The molecule has 3 nitrogen and oxygen atoms in total. The van der Waals surface area contributed by atoms with Crippen molar-refractivity contribution in [1.82, 2.24) is 4.90 Å². The number of benzene rings is 3. The van der Waals surface area contributed by atoms with Gasteiger partial charge in [-0.3, -0.25) is 4.90 Å². The molecule has 3 heteroatoms. The van der Waals surface area contributed by atoms with Crippen molar-refractivity contribution >= 4 is 0 Å². The minimum absolute atomic E-state index is 0.239. The van der Waals surface area contributed by atoms with E-state index in [1.165, 1.54) is 22.3 Å². The highest BCUT2D eigenvalue weighted by Gasteiger charge is 2.34. The molecule has 0 N–H and O–H groups in total. The van der Waals surface area contributed by atoms with Crippen LogP contribution < -0.4 is 9.47 Å². The summed E-state index contributed by atoms with van der Waals surface area (Å²) < 4.78 is 11.4. The molecule has 27 heavy (non-hydrogen) atoms. The van der Waals surface area contributed by atoms with E-state index in [0.29, 0.717) is 12.7 Å². The van der Waals surface area contributed by atoms with Gasteiger partial charge in [-0.2, -0.15) is 0 Å². The number of rotatable bonds is 3. The van der Waals surface area contributed by atoms with Crippen LogP contribution in [0.1, 0.15) is 34.2 Å². The molecule has 0 aliphatic carbocycles. The molecule has 0 aromatic heterocycles. The van der Waals surface area contributed by atoms with Crippen LogP contribution in [0.25, 0.3) is 0 Å². The summed E-state index contributed by atoms with van der Waals surface area (Å²) in [6.07, 6.45) is 1.03. The summed E-state index contributed by atoms with van der Waals surface area (Å²) in [5.74, 6) is 2.17. The van der Waals surface area contributed by atoms with Gasteiger partial charge in [0.2, 0.25) is 6.79 Å². The molecule has 2 aliphatic heterocycles. The Kier molecular flexibility index (Phi) is 4.10. The van der Waals surface area contributed by atoms with E-state index in [4.69, 9.17) is 9.47 Å². The van der Waals surface area contributed by atoms with Crippen molar-refractivity contribution in [3.63, 3.8) is 0 Å². The first-order valence-corrected chi connectivity index (χ1v) is 9.52. The highest BCUT2D eigenvalue weighted by Crippen LogP contribution is 2.46. The van der Waals surface area contributed by atoms with E-state index in [2.05, 4.69) is 84.7 Å². The molecule has 0 bridgehead atoms. The number of hydrogen-bond donors (Lipinski definition) is 0. The summed E-state index contributed by atoms with van der Waals surface area (Å²) in [5, 5.41) is 0. The van der Waals surface area contributed by atoms with Gasteiger partial charge < -0.3 is 9.47 Å². The first-order chi connectivity index (χ1) is 13.3. The largest absolute Gasteiger partial charge is 0.454 e. The van der Waals surface area contributed by atoms with Crippen LogP contribution in [-0.2, 0) is 6.42 Å². The van der Waals surface area contributed by atoms with Crippen molar-refractivity contribution in [2.75, 3.05) is 20.4 Å². The molecule has 2 aliphatic rings. The van der Waals surface area contributed by atoms with Crippen LogP contribution in [0, 0.1) is 0 Å². The lowest BCUT2D eigenvalue weighted by molar-refractivity contribution is 0.174. The third kappa shape index (κ3) is 2.98. The van der Waals surface area contributed by atoms with Crippen molar-refractivity contribution in [1.29, 1.82) is 0 Å². The molecule has 2 atom stereocenters. The molecule has 0 amide bonds. The van der Waals surface area contributed by atoms with E-state index in [-0.39, 0.29) is 6.04 Å². The molecule has 2 heterocycles. The fourth-order valence-electron chi connectivity index (χ4n) is 4.50. The van der Waals surface area contributed by atoms with Crippen LogP contribution in [0.2, 0.25) is 0 Å². The highest BCUT2D eigenvalue weighted by atomic mass is 16.7. The highest BCUT2D eigenvalue weighted by molar-refractivity contribution is 5.54. The fourth-order valence-corrected chi connectivity index (χ4v) is 4.50. The van der Waals surface area contributed by atoms with Crippen molar-refractivity contribution < 1.29 is 9.47 Å². The molecular weight excluding hydrogens is 334 g/mol. The number of nitrogens with zero attached hydrogens (tertiary/aromatic N) is 1. The van der Waals surface area contributed by atoms with Gasteiger partial charge >= 0.3 is 0 Å². The molecule has 136 valence electrons. The van der Waals surface area contributed by atoms with E-state index in [0.717, 1.165) is 24.5 Å². The van der Waals surface area contributed by atoms with Crippen LogP contribution in [0.4, 0.5) is 0 Å². The minimum atomic E-state index is 0.239. The SMILES string of the molecule is CN1C[C@H](Cc2ccccc2)c2cc3c(cc2[C@@H]1c1ccccc1)OCO3. The van der Waals surface area contributed by atoms with Crippen LogP contribution in [0.3, 0.4) is 0 Å². The summed E-state index contributed by atoms with van der Waals surface area (Å²) in [6.45, 7) is 1.33. The molecule has 5 rings (SSSR count). The average Bonchev–Trinajstić information content (AvgIpc) is 3.16. The molecular formula is C24H23NO2. The van der Waals surface area contributed by atoms with E-state index in [9.17, 15) is 0 Å². The lowest BCUT2D eigenvalue weighted by Gasteiger charge is -2.39. The number of hydrogen-bond acceptors (Lipinski definition) is 3. The van der Waals surface area contributed by atoms with Gasteiger partial charge in [0.05, 0.1) is 6.04 Å². The number of fused-ring (bicyclic) bond motifs is 2. The van der Waals surface area contributed by atoms with Crippen molar-refractivity contribution in [3.05, 3.63) is 95.1 Å². The van der Waals surface area contributed by atoms with Crippen LogP contribution in [0.5, 0.6) is 11.5 Å². The second-order valence-electron chi connectivity index (χ2n) is 7.47. The topological polar surface area (TPSA) is 21.7 Å². The van der Waals surface area contributed by atoms with Gasteiger partial charge in [0.15, 0.2) is 11.5 Å². The average molecular weight is 357 g/mol. The first kappa shape index (κ1) is 16.4. The summed E-state index contributed by atoms with van der Waals surface area (Å²) in [6, 6.07) is 26.1. The molecule has 0 saturated heterocycles. The third-order valence-electron chi connectivity index (χ3n) is 5.70. The first-order valence-electron chi connectivity index (χ1n) is 9.52. The van der Waals surface area contributed by atoms with E-state index >= 15 is 0 Å². The predicted molar refractivity (Wildman–Crippen MR) is 106 cm³/mol. The Bertz CT molecular complexity index is 939. The molecule has 3 aromatic carbocycles. The normalized spacial score (nSPS) is 21.1. The van der Waals surface area contributed by atoms with E-state index in [1.54, 1.807) is 0 Å². The molecule has 0 unspecified atom stereocenters. The van der Waals surface area contributed by atoms with E-state index in [1.807, 2.05) is 0 Å². The second-order valence-corrected chi connectivity index (χ2v) is 7.47. The van der Waals surface area contributed by atoms with Gasteiger partial charge in [-0.25, -0.2) is 0 Å². The monoisotopic (exact) mass is 357 g/mol. The Morgan fingerprint density at radius 1 is 0.852 bits per heavy atom. The molecule has 3 aromatic rings. The van der Waals surface area contributed by atoms with Gasteiger partial charge in [-0.05, 0) is 47.9 Å². The molecule has 0 radical (unpaired) electrons. The van der Waals surface area contributed by atoms with Crippen molar-refractivity contribution in [2.24, 2.45) is 0 Å². The van der Waals surface area contributed by atoms with Gasteiger partial charge in [0, 0.05) is 12.5 Å². The van der Waals surface area contributed by atoms with Crippen LogP contribution in [0.15, 0.2) is 72.8 Å². The van der Waals surface area contributed by atoms with Gasteiger partial charge in [-0.1, -0.05) is 60.7 Å². The zero-order valence-electron chi connectivity index (χ0n) is 15.5. The van der Waals surface area contributed by atoms with E-state index < -0.39 is 0 Å². The maximum Gasteiger partial charge on any atom is 0.231 e. The third-order valence-corrected chi connectivity index (χ3v) is 5.70. The Hall–Kier alpha value is -2.78. The minimum Gasteiger partial charge on any atom is -0.454 e. The number of ether oxygens (including phenoxy) is 2. The zero-order chi connectivity index (χ0) is 18.2. The van der Waals surface area contributed by atoms with Gasteiger partial charge in [-0.15, -0.1) is 0 Å². The standard InChI is InChI=1S/C24H23NO2/c1-25-15-19(12-17-8-4-2-5-9-17)20-13-22-23(27-16-26-22)14-21(20)24(25)18-10-6-3-7-11-18/h2-11,13-14,19,24H,12,15-16H2,1H3/t19-,24-/m0/s1. The molecule has 0 fully saturated rings. The quantitative estimate of drug-likeness (QED) is 0.673. The summed E-state index contributed by atoms with van der Waals surface area (Å²) in [5.41, 5.74) is 5.41. The molecule has 0 spiro atoms.